The van der Waals surface area contributed by atoms with Crippen LogP contribution in [0.4, 0.5) is 0 Å². The minimum atomic E-state index is 0.251. The Bertz CT molecular complexity index is 405. The Morgan fingerprint density at radius 2 is 2.11 bits per heavy atom. The second-order valence-corrected chi connectivity index (χ2v) is 5.79. The topological polar surface area (TPSA) is 30.5 Å². The van der Waals surface area contributed by atoms with Crippen molar-refractivity contribution < 1.29 is 9.47 Å². The van der Waals surface area contributed by atoms with Gasteiger partial charge in [0, 0.05) is 5.41 Å². The normalized spacial score (nSPS) is 25.0. The van der Waals surface area contributed by atoms with Crippen molar-refractivity contribution in [1.82, 2.24) is 5.32 Å². The summed E-state index contributed by atoms with van der Waals surface area (Å²) in [6.07, 6.45) is 2.55. The second-order valence-electron chi connectivity index (χ2n) is 5.79. The summed E-state index contributed by atoms with van der Waals surface area (Å²) < 4.78 is 11.0. The Balaban J connectivity index is 1.73. The highest BCUT2D eigenvalue weighted by Crippen LogP contribution is 2.40. The summed E-state index contributed by atoms with van der Waals surface area (Å²) in [6, 6.07) is 8.61. The van der Waals surface area contributed by atoms with Crippen molar-refractivity contribution in [3.63, 3.8) is 0 Å². The molecule has 2 aliphatic rings. The highest BCUT2D eigenvalue weighted by Gasteiger charge is 2.42. The van der Waals surface area contributed by atoms with Gasteiger partial charge in [-0.2, -0.15) is 0 Å². The summed E-state index contributed by atoms with van der Waals surface area (Å²) >= 11 is 0. The van der Waals surface area contributed by atoms with Crippen LogP contribution in [0.25, 0.3) is 0 Å². The van der Waals surface area contributed by atoms with Gasteiger partial charge in [0.25, 0.3) is 0 Å². The molecule has 0 aliphatic carbocycles. The van der Waals surface area contributed by atoms with Crippen LogP contribution in [0, 0.1) is 5.92 Å². The molecule has 1 aromatic rings. The predicted octanol–water partition coefficient (Wildman–Crippen LogP) is 2.35. The van der Waals surface area contributed by atoms with Crippen LogP contribution in [0.15, 0.2) is 24.3 Å². The quantitative estimate of drug-likeness (QED) is 0.882. The third-order valence-electron chi connectivity index (χ3n) is 4.38. The van der Waals surface area contributed by atoms with Crippen LogP contribution in [0.5, 0.6) is 5.75 Å². The van der Waals surface area contributed by atoms with Crippen molar-refractivity contribution in [2.45, 2.75) is 25.2 Å². The maximum atomic E-state index is 5.53. The van der Waals surface area contributed by atoms with Crippen molar-refractivity contribution >= 4 is 0 Å². The summed E-state index contributed by atoms with van der Waals surface area (Å²) in [5, 5.41) is 3.46. The first kappa shape index (κ1) is 12.9. The largest absolute Gasteiger partial charge is 0.494 e. The van der Waals surface area contributed by atoms with Gasteiger partial charge in [-0.05, 0) is 56.5 Å². The third kappa shape index (κ3) is 2.63. The van der Waals surface area contributed by atoms with E-state index in [0.29, 0.717) is 0 Å². The van der Waals surface area contributed by atoms with Gasteiger partial charge >= 0.3 is 0 Å². The van der Waals surface area contributed by atoms with Gasteiger partial charge in [-0.3, -0.25) is 0 Å². The molecular weight excluding hydrogens is 238 g/mol. The molecule has 2 aliphatic heterocycles. The molecule has 0 bridgehead atoms. The third-order valence-corrected chi connectivity index (χ3v) is 4.38. The molecule has 104 valence electrons. The van der Waals surface area contributed by atoms with Crippen LogP contribution < -0.4 is 10.1 Å². The fraction of sp³-hybridized carbons (Fsp3) is 0.625. The number of nitrogens with one attached hydrogen (secondary N) is 1. The lowest BCUT2D eigenvalue weighted by molar-refractivity contribution is -0.0705. The number of rotatable bonds is 5. The van der Waals surface area contributed by atoms with Crippen LogP contribution in [-0.2, 0) is 10.2 Å². The zero-order chi connectivity index (χ0) is 13.1. The van der Waals surface area contributed by atoms with Gasteiger partial charge in [-0.1, -0.05) is 12.1 Å². The first-order chi connectivity index (χ1) is 9.32. The van der Waals surface area contributed by atoms with Gasteiger partial charge in [0.15, 0.2) is 0 Å². The van der Waals surface area contributed by atoms with E-state index < -0.39 is 0 Å². The molecule has 3 nitrogen and oxygen atoms in total. The first-order valence-electron chi connectivity index (χ1n) is 7.34. The van der Waals surface area contributed by atoms with Crippen molar-refractivity contribution in [1.29, 1.82) is 0 Å². The molecule has 0 amide bonds. The molecule has 2 heterocycles. The summed E-state index contributed by atoms with van der Waals surface area (Å²) in [4.78, 5) is 0. The first-order valence-corrected chi connectivity index (χ1v) is 7.34. The molecule has 1 atom stereocenters. The van der Waals surface area contributed by atoms with E-state index in [1.54, 1.807) is 0 Å². The highest BCUT2D eigenvalue weighted by atomic mass is 16.5. The van der Waals surface area contributed by atoms with Crippen molar-refractivity contribution in [3.05, 3.63) is 29.8 Å². The van der Waals surface area contributed by atoms with Crippen molar-refractivity contribution in [3.8, 4) is 5.75 Å². The molecule has 3 heteroatoms. The van der Waals surface area contributed by atoms with E-state index in [2.05, 4.69) is 29.6 Å². The van der Waals surface area contributed by atoms with Gasteiger partial charge in [0.2, 0.25) is 0 Å². The Hall–Kier alpha value is -1.06. The lowest BCUT2D eigenvalue weighted by atomic mass is 9.72. The fourth-order valence-electron chi connectivity index (χ4n) is 3.26. The lowest BCUT2D eigenvalue weighted by Gasteiger charge is -2.43. The Kier molecular flexibility index (Phi) is 3.76. The molecule has 1 unspecified atom stereocenters. The Labute approximate surface area is 115 Å². The molecule has 0 aromatic heterocycles. The smallest absolute Gasteiger partial charge is 0.119 e. The average molecular weight is 261 g/mol. The molecule has 0 spiro atoms. The molecule has 2 fully saturated rings. The van der Waals surface area contributed by atoms with E-state index in [1.165, 1.54) is 31.5 Å². The Morgan fingerprint density at radius 3 is 2.63 bits per heavy atom. The van der Waals surface area contributed by atoms with E-state index in [4.69, 9.17) is 9.47 Å². The molecule has 1 aromatic carbocycles. The van der Waals surface area contributed by atoms with Crippen LogP contribution >= 0.6 is 0 Å². The van der Waals surface area contributed by atoms with Crippen LogP contribution in [0.2, 0.25) is 0 Å². The fourth-order valence-corrected chi connectivity index (χ4v) is 3.26. The van der Waals surface area contributed by atoms with Crippen molar-refractivity contribution in [2.24, 2.45) is 5.92 Å². The summed E-state index contributed by atoms with van der Waals surface area (Å²) in [5.74, 6) is 1.76. The highest BCUT2D eigenvalue weighted by molar-refractivity contribution is 5.34. The van der Waals surface area contributed by atoms with Crippen LogP contribution in [0.1, 0.15) is 25.3 Å². The molecule has 0 saturated carbocycles. The zero-order valence-electron chi connectivity index (χ0n) is 11.7. The van der Waals surface area contributed by atoms with E-state index in [1.807, 2.05) is 6.92 Å². The van der Waals surface area contributed by atoms with Crippen molar-refractivity contribution in [2.75, 3.05) is 32.9 Å². The standard InChI is InChI=1S/C16H23NO2/c1-2-19-15-5-3-14(4-6-15)16(11-18-12-16)9-13-7-8-17-10-13/h3-6,13,17H,2,7-12H2,1H3. The number of benzene rings is 1. The lowest BCUT2D eigenvalue weighted by Crippen LogP contribution is -2.48. The van der Waals surface area contributed by atoms with E-state index in [9.17, 15) is 0 Å². The number of hydrogen-bond acceptors (Lipinski definition) is 3. The van der Waals surface area contributed by atoms with E-state index in [-0.39, 0.29) is 5.41 Å². The molecule has 1 N–H and O–H groups in total. The van der Waals surface area contributed by atoms with Gasteiger partial charge in [0.1, 0.15) is 5.75 Å². The predicted molar refractivity (Wildman–Crippen MR) is 75.7 cm³/mol. The molecule has 0 radical (unpaired) electrons. The van der Waals surface area contributed by atoms with Gasteiger partial charge in [-0.15, -0.1) is 0 Å². The van der Waals surface area contributed by atoms with Gasteiger partial charge < -0.3 is 14.8 Å². The minimum absolute atomic E-state index is 0.251. The van der Waals surface area contributed by atoms with E-state index >= 15 is 0 Å². The van der Waals surface area contributed by atoms with E-state index in [0.717, 1.165) is 31.5 Å². The Morgan fingerprint density at radius 1 is 1.32 bits per heavy atom. The SMILES string of the molecule is CCOc1ccc(C2(CC3CCNC3)COC2)cc1. The van der Waals surface area contributed by atoms with Gasteiger partial charge in [-0.25, -0.2) is 0 Å². The number of hydrogen-bond donors (Lipinski definition) is 1. The number of ether oxygens (including phenoxy) is 2. The monoisotopic (exact) mass is 261 g/mol. The summed E-state index contributed by atoms with van der Waals surface area (Å²) in [7, 11) is 0. The average Bonchev–Trinajstić information content (AvgIpc) is 2.88. The molecule has 19 heavy (non-hydrogen) atoms. The van der Waals surface area contributed by atoms with Crippen LogP contribution in [0.3, 0.4) is 0 Å². The maximum absolute atomic E-state index is 5.53. The second kappa shape index (κ2) is 5.51. The summed E-state index contributed by atoms with van der Waals surface area (Å²) in [5.41, 5.74) is 1.66. The minimum Gasteiger partial charge on any atom is -0.494 e. The maximum Gasteiger partial charge on any atom is 0.119 e. The van der Waals surface area contributed by atoms with Gasteiger partial charge in [0.05, 0.1) is 19.8 Å². The zero-order valence-corrected chi connectivity index (χ0v) is 11.7. The molecular formula is C16H23NO2. The summed E-state index contributed by atoms with van der Waals surface area (Å²) in [6.45, 7) is 6.82. The van der Waals surface area contributed by atoms with Crippen LogP contribution in [-0.4, -0.2) is 32.9 Å². The molecule has 3 rings (SSSR count). The molecule has 2 saturated heterocycles.